The lowest BCUT2D eigenvalue weighted by Crippen LogP contribution is -2.34. The second kappa shape index (κ2) is 7.67. The molecule has 132 valence electrons. The van der Waals surface area contributed by atoms with E-state index in [0.29, 0.717) is 18.5 Å². The van der Waals surface area contributed by atoms with E-state index in [-0.39, 0.29) is 28.9 Å². The van der Waals surface area contributed by atoms with Gasteiger partial charge in [0.05, 0.1) is 6.10 Å². The van der Waals surface area contributed by atoms with Crippen LogP contribution in [-0.2, 0) is 9.53 Å². The molecule has 1 aliphatic rings. The summed E-state index contributed by atoms with van der Waals surface area (Å²) in [4.78, 5) is 35.5. The van der Waals surface area contributed by atoms with Gasteiger partial charge in [-0.1, -0.05) is 0 Å². The van der Waals surface area contributed by atoms with E-state index in [9.17, 15) is 14.4 Å². The largest absolute Gasteiger partial charge is 0.426 e. The molecular formula is C17H16ClNO6. The van der Waals surface area contributed by atoms with Crippen molar-refractivity contribution in [1.82, 2.24) is 5.32 Å². The van der Waals surface area contributed by atoms with Crippen molar-refractivity contribution in [3.63, 3.8) is 0 Å². The molecule has 1 unspecified atom stereocenters. The zero-order valence-electron chi connectivity index (χ0n) is 13.2. The third-order valence-corrected chi connectivity index (χ3v) is 4.03. The third-order valence-electron chi connectivity index (χ3n) is 3.81. The number of fused-ring (bicyclic) bond motifs is 1. The molecule has 1 atom stereocenters. The summed E-state index contributed by atoms with van der Waals surface area (Å²) in [5, 5.41) is 3.22. The molecule has 1 amide bonds. The van der Waals surface area contributed by atoms with Gasteiger partial charge in [0, 0.05) is 24.6 Å². The van der Waals surface area contributed by atoms with Gasteiger partial charge in [-0.3, -0.25) is 9.59 Å². The lowest BCUT2D eigenvalue weighted by atomic mass is 10.1. The SMILES string of the molecule is O=C(CCl)Oc1ccc2cc(C(=O)NCC3CCCO3)c(=O)oc2c1. The molecule has 0 radical (unpaired) electrons. The molecule has 1 aromatic heterocycles. The highest BCUT2D eigenvalue weighted by Gasteiger charge is 2.19. The number of hydrogen-bond donors (Lipinski definition) is 1. The van der Waals surface area contributed by atoms with Crippen LogP contribution in [0.2, 0.25) is 0 Å². The van der Waals surface area contributed by atoms with Crippen molar-refractivity contribution in [3.8, 4) is 5.75 Å². The van der Waals surface area contributed by atoms with E-state index >= 15 is 0 Å². The van der Waals surface area contributed by atoms with Gasteiger partial charge in [-0.15, -0.1) is 11.6 Å². The first-order valence-electron chi connectivity index (χ1n) is 7.81. The Hall–Kier alpha value is -2.38. The number of amides is 1. The molecule has 2 aromatic rings. The van der Waals surface area contributed by atoms with Crippen LogP contribution in [0.4, 0.5) is 0 Å². The Morgan fingerprint density at radius 1 is 1.32 bits per heavy atom. The van der Waals surface area contributed by atoms with E-state index in [1.807, 2.05) is 0 Å². The van der Waals surface area contributed by atoms with Crippen molar-refractivity contribution in [2.75, 3.05) is 19.0 Å². The van der Waals surface area contributed by atoms with Crippen molar-refractivity contribution < 1.29 is 23.5 Å². The lowest BCUT2D eigenvalue weighted by Gasteiger charge is -2.10. The summed E-state index contributed by atoms with van der Waals surface area (Å²) in [5.74, 6) is -1.21. The molecule has 0 aliphatic carbocycles. The maximum Gasteiger partial charge on any atom is 0.349 e. The summed E-state index contributed by atoms with van der Waals surface area (Å²) in [6.45, 7) is 1.04. The van der Waals surface area contributed by atoms with Crippen LogP contribution in [-0.4, -0.2) is 37.0 Å². The second-order valence-corrected chi connectivity index (χ2v) is 5.87. The quantitative estimate of drug-likeness (QED) is 0.376. The Morgan fingerprint density at radius 3 is 2.88 bits per heavy atom. The van der Waals surface area contributed by atoms with E-state index in [4.69, 9.17) is 25.5 Å². The number of ether oxygens (including phenoxy) is 2. The van der Waals surface area contributed by atoms with Gasteiger partial charge in [0.2, 0.25) is 0 Å². The summed E-state index contributed by atoms with van der Waals surface area (Å²) in [6.07, 6.45) is 1.83. The Bertz CT molecular complexity index is 856. The number of nitrogens with one attached hydrogen (secondary N) is 1. The second-order valence-electron chi connectivity index (χ2n) is 5.60. The standard InChI is InChI=1S/C17H16ClNO6/c18-8-15(20)24-11-4-3-10-6-13(17(22)25-14(10)7-11)16(21)19-9-12-2-1-5-23-12/h3-4,6-7,12H,1-2,5,8-9H2,(H,19,21). The zero-order chi connectivity index (χ0) is 17.8. The van der Waals surface area contributed by atoms with Gasteiger partial charge in [-0.2, -0.15) is 0 Å². The van der Waals surface area contributed by atoms with Crippen LogP contribution < -0.4 is 15.7 Å². The van der Waals surface area contributed by atoms with Crippen molar-refractivity contribution in [2.45, 2.75) is 18.9 Å². The zero-order valence-corrected chi connectivity index (χ0v) is 14.0. The fourth-order valence-corrected chi connectivity index (χ4v) is 2.63. The predicted molar refractivity (Wildman–Crippen MR) is 90.1 cm³/mol. The molecule has 1 saturated heterocycles. The van der Waals surface area contributed by atoms with E-state index in [1.165, 1.54) is 18.2 Å². The highest BCUT2D eigenvalue weighted by Crippen LogP contribution is 2.21. The van der Waals surface area contributed by atoms with Gasteiger partial charge in [0.1, 0.15) is 22.8 Å². The summed E-state index contributed by atoms with van der Waals surface area (Å²) in [6, 6.07) is 5.96. The minimum absolute atomic E-state index is 0.0179. The first-order chi connectivity index (χ1) is 12.1. The number of alkyl halides is 1. The van der Waals surface area contributed by atoms with Crippen molar-refractivity contribution >= 4 is 34.4 Å². The molecule has 2 heterocycles. The average molecular weight is 366 g/mol. The highest BCUT2D eigenvalue weighted by atomic mass is 35.5. The van der Waals surface area contributed by atoms with Crippen molar-refractivity contribution in [3.05, 3.63) is 40.2 Å². The number of hydrogen-bond acceptors (Lipinski definition) is 6. The average Bonchev–Trinajstić information content (AvgIpc) is 3.12. The van der Waals surface area contributed by atoms with Gasteiger partial charge >= 0.3 is 11.6 Å². The summed E-state index contributed by atoms with van der Waals surface area (Å²) < 4.78 is 15.6. The highest BCUT2D eigenvalue weighted by molar-refractivity contribution is 6.26. The number of rotatable bonds is 5. The van der Waals surface area contributed by atoms with Crippen LogP contribution in [0.1, 0.15) is 23.2 Å². The number of benzene rings is 1. The molecular weight excluding hydrogens is 350 g/mol. The summed E-state index contributed by atoms with van der Waals surface area (Å²) >= 11 is 5.38. The minimum Gasteiger partial charge on any atom is -0.426 e. The molecule has 1 aliphatic heterocycles. The molecule has 1 aromatic carbocycles. The normalized spacial score (nSPS) is 16.8. The van der Waals surface area contributed by atoms with E-state index in [2.05, 4.69) is 5.32 Å². The topological polar surface area (TPSA) is 94.8 Å². The predicted octanol–water partition coefficient (Wildman–Crippen LogP) is 1.85. The molecule has 3 rings (SSSR count). The Kier molecular flexibility index (Phi) is 5.35. The first kappa shape index (κ1) is 17.4. The smallest absolute Gasteiger partial charge is 0.349 e. The molecule has 7 nitrogen and oxygen atoms in total. The van der Waals surface area contributed by atoms with Crippen molar-refractivity contribution in [2.24, 2.45) is 0 Å². The Morgan fingerprint density at radius 2 is 2.16 bits per heavy atom. The fourth-order valence-electron chi connectivity index (χ4n) is 2.58. The van der Waals surface area contributed by atoms with Crippen LogP contribution in [0.5, 0.6) is 5.75 Å². The maximum absolute atomic E-state index is 12.2. The number of halogens is 1. The maximum atomic E-state index is 12.2. The van der Waals surface area contributed by atoms with Crippen molar-refractivity contribution in [1.29, 1.82) is 0 Å². The fraction of sp³-hybridized carbons (Fsp3) is 0.353. The Balaban J connectivity index is 1.78. The van der Waals surface area contributed by atoms with E-state index < -0.39 is 17.5 Å². The van der Waals surface area contributed by atoms with Crippen LogP contribution in [0.25, 0.3) is 11.0 Å². The Labute approximate surface area is 147 Å². The molecule has 0 saturated carbocycles. The third kappa shape index (κ3) is 4.18. The molecule has 1 N–H and O–H groups in total. The number of carbonyl (C=O) groups is 2. The van der Waals surface area contributed by atoms with Gasteiger partial charge in [0.15, 0.2) is 0 Å². The van der Waals surface area contributed by atoms with Crippen LogP contribution >= 0.6 is 11.6 Å². The minimum atomic E-state index is -0.766. The van der Waals surface area contributed by atoms with Gasteiger partial charge in [0.25, 0.3) is 5.91 Å². The van der Waals surface area contributed by atoms with Gasteiger partial charge < -0.3 is 19.2 Å². The first-order valence-corrected chi connectivity index (χ1v) is 8.34. The molecule has 1 fully saturated rings. The van der Waals surface area contributed by atoms with Crippen LogP contribution in [0, 0.1) is 0 Å². The van der Waals surface area contributed by atoms with Crippen LogP contribution in [0.3, 0.4) is 0 Å². The molecule has 8 heteroatoms. The number of esters is 1. The summed E-state index contributed by atoms with van der Waals surface area (Å²) in [7, 11) is 0. The summed E-state index contributed by atoms with van der Waals surface area (Å²) in [5.41, 5.74) is -0.644. The molecule has 0 spiro atoms. The lowest BCUT2D eigenvalue weighted by molar-refractivity contribution is -0.131. The molecule has 25 heavy (non-hydrogen) atoms. The van der Waals surface area contributed by atoms with E-state index in [0.717, 1.165) is 12.8 Å². The number of carbonyl (C=O) groups excluding carboxylic acids is 2. The monoisotopic (exact) mass is 365 g/mol. The van der Waals surface area contributed by atoms with Gasteiger partial charge in [-0.05, 0) is 31.0 Å². The van der Waals surface area contributed by atoms with Gasteiger partial charge in [-0.25, -0.2) is 4.79 Å². The van der Waals surface area contributed by atoms with E-state index in [1.54, 1.807) is 6.07 Å². The van der Waals surface area contributed by atoms with Crippen LogP contribution in [0.15, 0.2) is 33.5 Å². The molecule has 0 bridgehead atoms.